The van der Waals surface area contributed by atoms with Crippen LogP contribution in [-0.4, -0.2) is 61.1 Å². The largest absolute Gasteiger partial charge is 0.454 e. The van der Waals surface area contributed by atoms with Crippen LogP contribution in [0.3, 0.4) is 0 Å². The van der Waals surface area contributed by atoms with Gasteiger partial charge in [0.25, 0.3) is 0 Å². The number of carbonyl (C=O) groups is 2. The van der Waals surface area contributed by atoms with Crippen LogP contribution in [0.2, 0.25) is 0 Å². The Labute approximate surface area is 176 Å². The quantitative estimate of drug-likeness (QED) is 0.743. The Balaban J connectivity index is 1.18. The number of hydrogen-bond donors (Lipinski definition) is 1. The molecule has 2 aliphatic heterocycles. The highest BCUT2D eigenvalue weighted by Crippen LogP contribution is 2.32. The number of rotatable bonds is 6. The van der Waals surface area contributed by atoms with Gasteiger partial charge in [-0.15, -0.1) is 0 Å². The lowest BCUT2D eigenvalue weighted by atomic mass is 10.1. The molecule has 0 saturated carbocycles. The van der Waals surface area contributed by atoms with Crippen molar-refractivity contribution in [3.05, 3.63) is 59.2 Å². The van der Waals surface area contributed by atoms with Crippen LogP contribution in [0.25, 0.3) is 0 Å². The molecule has 2 amide bonds. The molecule has 0 aromatic heterocycles. The number of benzene rings is 2. The fourth-order valence-corrected chi connectivity index (χ4v) is 3.69. The van der Waals surface area contributed by atoms with Crippen molar-refractivity contribution in [3.8, 4) is 11.5 Å². The second-order valence-corrected chi connectivity index (χ2v) is 7.72. The average molecular weight is 409 g/mol. The maximum atomic E-state index is 12.4. The van der Waals surface area contributed by atoms with E-state index in [1.54, 1.807) is 0 Å². The van der Waals surface area contributed by atoms with E-state index in [0.29, 0.717) is 31.6 Å². The molecule has 1 fully saturated rings. The van der Waals surface area contributed by atoms with Gasteiger partial charge in [0, 0.05) is 51.3 Å². The number of amides is 2. The zero-order chi connectivity index (χ0) is 20.9. The lowest BCUT2D eigenvalue weighted by Gasteiger charge is -2.34. The van der Waals surface area contributed by atoms with Crippen molar-refractivity contribution in [1.29, 1.82) is 0 Å². The molecule has 2 aromatic carbocycles. The highest BCUT2D eigenvalue weighted by molar-refractivity contribution is 5.96. The molecule has 0 unspecified atom stereocenters. The fourth-order valence-electron chi connectivity index (χ4n) is 3.69. The second kappa shape index (κ2) is 9.17. The number of nitrogens with one attached hydrogen (secondary N) is 1. The van der Waals surface area contributed by atoms with Gasteiger partial charge >= 0.3 is 6.03 Å². The van der Waals surface area contributed by atoms with E-state index in [0.717, 1.165) is 36.7 Å². The Kier molecular flexibility index (Phi) is 6.18. The number of ketones is 1. The summed E-state index contributed by atoms with van der Waals surface area (Å²) >= 11 is 0. The van der Waals surface area contributed by atoms with Crippen LogP contribution in [0.15, 0.2) is 42.5 Å². The van der Waals surface area contributed by atoms with Crippen molar-refractivity contribution in [2.75, 3.05) is 39.5 Å². The van der Waals surface area contributed by atoms with Gasteiger partial charge in [0.05, 0.1) is 0 Å². The van der Waals surface area contributed by atoms with Gasteiger partial charge in [0.15, 0.2) is 17.3 Å². The third-order valence-corrected chi connectivity index (χ3v) is 5.50. The first kappa shape index (κ1) is 20.2. The predicted molar refractivity (Wildman–Crippen MR) is 113 cm³/mol. The molecular weight excluding hydrogens is 382 g/mol. The van der Waals surface area contributed by atoms with Crippen molar-refractivity contribution in [2.45, 2.75) is 19.9 Å². The molecule has 0 bridgehead atoms. The van der Waals surface area contributed by atoms with Gasteiger partial charge in [0.1, 0.15) is 0 Å². The van der Waals surface area contributed by atoms with Gasteiger partial charge in [-0.25, -0.2) is 4.79 Å². The number of fused-ring (bicyclic) bond motifs is 1. The third-order valence-electron chi connectivity index (χ3n) is 5.50. The molecule has 30 heavy (non-hydrogen) atoms. The van der Waals surface area contributed by atoms with Crippen molar-refractivity contribution in [1.82, 2.24) is 15.1 Å². The van der Waals surface area contributed by atoms with Crippen LogP contribution >= 0.6 is 0 Å². The molecule has 2 aromatic rings. The van der Waals surface area contributed by atoms with Crippen LogP contribution in [0.5, 0.6) is 11.5 Å². The minimum absolute atomic E-state index is 0.0452. The van der Waals surface area contributed by atoms with Gasteiger partial charge < -0.3 is 19.7 Å². The van der Waals surface area contributed by atoms with E-state index in [-0.39, 0.29) is 18.6 Å². The Morgan fingerprint density at radius 3 is 2.47 bits per heavy atom. The number of Topliss-reactive ketones (excluding diaryl/α,β-unsaturated/α-hetero) is 1. The molecule has 0 spiro atoms. The normalized spacial score (nSPS) is 15.8. The number of carbonyl (C=O) groups excluding carboxylic acids is 2. The standard InChI is InChI=1S/C23H27N3O4/c1-17-2-5-19(6-3-17)20(27)8-9-24-23(28)26-12-10-25(11-13-26)15-18-4-7-21-22(14-18)30-16-29-21/h2-7,14H,8-13,15-16H2,1H3,(H,24,28). The summed E-state index contributed by atoms with van der Waals surface area (Å²) in [5.41, 5.74) is 2.98. The predicted octanol–water partition coefficient (Wildman–Crippen LogP) is 2.82. The van der Waals surface area contributed by atoms with E-state index >= 15 is 0 Å². The van der Waals surface area contributed by atoms with Crippen LogP contribution in [-0.2, 0) is 6.54 Å². The molecule has 2 aliphatic rings. The van der Waals surface area contributed by atoms with Gasteiger partial charge in [-0.3, -0.25) is 9.69 Å². The SMILES string of the molecule is Cc1ccc(C(=O)CCNC(=O)N2CCN(Cc3ccc4c(c3)OCO4)CC2)cc1. The van der Waals surface area contributed by atoms with Crippen molar-refractivity contribution >= 4 is 11.8 Å². The number of nitrogens with zero attached hydrogens (tertiary/aromatic N) is 2. The molecule has 4 rings (SSSR count). The summed E-state index contributed by atoms with van der Waals surface area (Å²) in [7, 11) is 0. The molecule has 0 atom stereocenters. The molecule has 2 heterocycles. The van der Waals surface area contributed by atoms with E-state index in [4.69, 9.17) is 9.47 Å². The first-order chi connectivity index (χ1) is 14.6. The lowest BCUT2D eigenvalue weighted by molar-refractivity contribution is 0.0981. The summed E-state index contributed by atoms with van der Waals surface area (Å²) in [5, 5.41) is 2.87. The summed E-state index contributed by atoms with van der Waals surface area (Å²) < 4.78 is 10.8. The highest BCUT2D eigenvalue weighted by atomic mass is 16.7. The Morgan fingerprint density at radius 2 is 1.70 bits per heavy atom. The molecule has 1 saturated heterocycles. The lowest BCUT2D eigenvalue weighted by Crippen LogP contribution is -2.51. The molecule has 7 heteroatoms. The minimum atomic E-state index is -0.102. The van der Waals surface area contributed by atoms with Gasteiger partial charge in [-0.1, -0.05) is 35.9 Å². The number of piperazine rings is 1. The highest BCUT2D eigenvalue weighted by Gasteiger charge is 2.22. The maximum Gasteiger partial charge on any atom is 0.317 e. The summed E-state index contributed by atoms with van der Waals surface area (Å²) in [6.07, 6.45) is 0.304. The Morgan fingerprint density at radius 1 is 0.967 bits per heavy atom. The Hall–Kier alpha value is -3.06. The average Bonchev–Trinajstić information content (AvgIpc) is 3.22. The van der Waals surface area contributed by atoms with Crippen LogP contribution < -0.4 is 14.8 Å². The van der Waals surface area contributed by atoms with E-state index in [1.165, 1.54) is 5.56 Å². The first-order valence-corrected chi connectivity index (χ1v) is 10.3. The van der Waals surface area contributed by atoms with Crippen LogP contribution in [0.4, 0.5) is 4.79 Å². The van der Waals surface area contributed by atoms with Crippen molar-refractivity contribution in [2.24, 2.45) is 0 Å². The number of urea groups is 1. The summed E-state index contributed by atoms with van der Waals surface area (Å²) in [6, 6.07) is 13.4. The minimum Gasteiger partial charge on any atom is -0.454 e. The molecule has 7 nitrogen and oxygen atoms in total. The van der Waals surface area contributed by atoms with E-state index < -0.39 is 0 Å². The smallest absolute Gasteiger partial charge is 0.317 e. The summed E-state index contributed by atoms with van der Waals surface area (Å²) in [4.78, 5) is 28.8. The first-order valence-electron chi connectivity index (χ1n) is 10.3. The fraction of sp³-hybridized carbons (Fsp3) is 0.391. The van der Waals surface area contributed by atoms with Crippen LogP contribution in [0.1, 0.15) is 27.9 Å². The van der Waals surface area contributed by atoms with Gasteiger partial charge in [-0.2, -0.15) is 0 Å². The third kappa shape index (κ3) is 4.91. The number of aryl methyl sites for hydroxylation is 1. The zero-order valence-corrected chi connectivity index (χ0v) is 17.2. The molecule has 1 N–H and O–H groups in total. The van der Waals surface area contributed by atoms with Gasteiger partial charge in [-0.05, 0) is 24.6 Å². The van der Waals surface area contributed by atoms with E-state index in [1.807, 2.05) is 48.2 Å². The van der Waals surface area contributed by atoms with Crippen molar-refractivity contribution in [3.63, 3.8) is 0 Å². The summed E-state index contributed by atoms with van der Waals surface area (Å²) in [6.45, 7) is 6.39. The molecule has 158 valence electrons. The topological polar surface area (TPSA) is 71.1 Å². The van der Waals surface area contributed by atoms with E-state index in [2.05, 4.69) is 16.3 Å². The second-order valence-electron chi connectivity index (χ2n) is 7.72. The maximum absolute atomic E-state index is 12.4. The monoisotopic (exact) mass is 409 g/mol. The van der Waals surface area contributed by atoms with Crippen molar-refractivity contribution < 1.29 is 19.1 Å². The van der Waals surface area contributed by atoms with Gasteiger partial charge in [0.2, 0.25) is 6.79 Å². The zero-order valence-electron chi connectivity index (χ0n) is 17.2. The molecular formula is C23H27N3O4. The molecule has 0 radical (unpaired) electrons. The molecule has 0 aliphatic carbocycles. The number of hydrogen-bond acceptors (Lipinski definition) is 5. The summed E-state index contributed by atoms with van der Waals surface area (Å²) in [5.74, 6) is 1.63. The van der Waals surface area contributed by atoms with Crippen LogP contribution in [0, 0.1) is 6.92 Å². The number of ether oxygens (including phenoxy) is 2. The van der Waals surface area contributed by atoms with E-state index in [9.17, 15) is 9.59 Å². The Bertz CT molecular complexity index is 905.